The van der Waals surface area contributed by atoms with Gasteiger partial charge in [-0.3, -0.25) is 0 Å². The Morgan fingerprint density at radius 1 is 1.43 bits per heavy atom. The van der Waals surface area contributed by atoms with Crippen LogP contribution in [0.25, 0.3) is 0 Å². The monoisotopic (exact) mass is 252 g/mol. The molecule has 0 aromatic heterocycles. The van der Waals surface area contributed by atoms with Crippen LogP contribution in [0.1, 0.15) is 38.2 Å². The Balaban J connectivity index is 2.78. The summed E-state index contributed by atoms with van der Waals surface area (Å²) in [5, 5.41) is 0. The van der Waals surface area contributed by atoms with Crippen molar-refractivity contribution < 1.29 is 0 Å². The van der Waals surface area contributed by atoms with E-state index in [0.29, 0.717) is 5.92 Å². The van der Waals surface area contributed by atoms with Gasteiger partial charge in [-0.25, -0.2) is 0 Å². The van der Waals surface area contributed by atoms with E-state index in [9.17, 15) is 0 Å². The molecule has 0 N–H and O–H groups in total. The van der Waals surface area contributed by atoms with E-state index >= 15 is 0 Å². The van der Waals surface area contributed by atoms with Crippen LogP contribution in [-0.2, 0) is 0 Å². The maximum Gasteiger partial charge on any atom is 0.0178 e. The molecule has 0 aliphatic rings. The van der Waals surface area contributed by atoms with E-state index in [0.717, 1.165) is 6.42 Å². The van der Waals surface area contributed by atoms with Gasteiger partial charge in [0.05, 0.1) is 0 Å². The van der Waals surface area contributed by atoms with Crippen molar-refractivity contribution in [2.75, 3.05) is 0 Å². The zero-order chi connectivity index (χ0) is 10.4. The molecular formula is C13H17Br. The Hall–Kier alpha value is -0.560. The van der Waals surface area contributed by atoms with Gasteiger partial charge >= 0.3 is 0 Å². The number of benzene rings is 1. The fourth-order valence-electron chi connectivity index (χ4n) is 1.60. The molecule has 0 fully saturated rings. The zero-order valence-corrected chi connectivity index (χ0v) is 10.4. The van der Waals surface area contributed by atoms with Gasteiger partial charge in [0.2, 0.25) is 0 Å². The molecule has 0 amide bonds. The SMILES string of the molecule is C/C=C\CC(CC)c1cccc(Br)c1. The molecule has 1 unspecified atom stereocenters. The zero-order valence-electron chi connectivity index (χ0n) is 8.83. The molecule has 1 heteroatoms. The lowest BCUT2D eigenvalue weighted by Gasteiger charge is -2.13. The van der Waals surface area contributed by atoms with Crippen LogP contribution < -0.4 is 0 Å². The highest BCUT2D eigenvalue weighted by Crippen LogP contribution is 2.25. The molecule has 0 bridgehead atoms. The van der Waals surface area contributed by atoms with Crippen molar-refractivity contribution in [3.8, 4) is 0 Å². The van der Waals surface area contributed by atoms with Crippen LogP contribution in [0.3, 0.4) is 0 Å². The van der Waals surface area contributed by atoms with Gasteiger partial charge in [0.15, 0.2) is 0 Å². The van der Waals surface area contributed by atoms with Crippen molar-refractivity contribution in [2.45, 2.75) is 32.6 Å². The summed E-state index contributed by atoms with van der Waals surface area (Å²) in [6.45, 7) is 4.32. The molecule has 0 saturated heterocycles. The summed E-state index contributed by atoms with van der Waals surface area (Å²) in [5.41, 5.74) is 1.43. The summed E-state index contributed by atoms with van der Waals surface area (Å²) < 4.78 is 1.17. The van der Waals surface area contributed by atoms with Crippen molar-refractivity contribution in [1.82, 2.24) is 0 Å². The van der Waals surface area contributed by atoms with E-state index in [1.54, 1.807) is 0 Å². The van der Waals surface area contributed by atoms with Crippen LogP contribution in [0.15, 0.2) is 40.9 Å². The molecule has 1 rings (SSSR count). The molecule has 0 nitrogen and oxygen atoms in total. The largest absolute Gasteiger partial charge is 0.0916 e. The summed E-state index contributed by atoms with van der Waals surface area (Å²) in [6, 6.07) is 8.61. The lowest BCUT2D eigenvalue weighted by molar-refractivity contribution is 0.674. The molecular weight excluding hydrogens is 236 g/mol. The third kappa shape index (κ3) is 3.30. The number of allylic oxidation sites excluding steroid dienone is 2. The average molecular weight is 253 g/mol. The summed E-state index contributed by atoms with van der Waals surface area (Å²) in [4.78, 5) is 0. The summed E-state index contributed by atoms with van der Waals surface area (Å²) in [6.07, 6.45) is 6.71. The third-order valence-electron chi connectivity index (χ3n) is 2.47. The normalized spacial score (nSPS) is 13.4. The Kier molecular flexibility index (Phi) is 4.95. The number of hydrogen-bond donors (Lipinski definition) is 0. The molecule has 0 spiro atoms. The van der Waals surface area contributed by atoms with Crippen molar-refractivity contribution in [3.63, 3.8) is 0 Å². The van der Waals surface area contributed by atoms with E-state index < -0.39 is 0 Å². The predicted molar refractivity (Wildman–Crippen MR) is 66.6 cm³/mol. The smallest absolute Gasteiger partial charge is 0.0178 e. The Morgan fingerprint density at radius 3 is 2.79 bits per heavy atom. The van der Waals surface area contributed by atoms with Crippen LogP contribution in [0.5, 0.6) is 0 Å². The van der Waals surface area contributed by atoms with Gasteiger partial charge in [0.25, 0.3) is 0 Å². The standard InChI is InChI=1S/C13H17Br/c1-3-5-7-11(4-2)12-8-6-9-13(14)10-12/h3,5-6,8-11H,4,7H2,1-2H3/b5-3-. The molecule has 0 aliphatic carbocycles. The Bertz CT molecular complexity index is 302. The fourth-order valence-corrected chi connectivity index (χ4v) is 2.02. The maximum atomic E-state index is 3.51. The number of hydrogen-bond acceptors (Lipinski definition) is 0. The molecule has 14 heavy (non-hydrogen) atoms. The minimum absolute atomic E-state index is 0.656. The van der Waals surface area contributed by atoms with Gasteiger partial charge in [-0.05, 0) is 43.4 Å². The second-order valence-corrected chi connectivity index (χ2v) is 4.38. The van der Waals surface area contributed by atoms with Gasteiger partial charge in [0, 0.05) is 4.47 Å². The first-order chi connectivity index (χ1) is 6.77. The van der Waals surface area contributed by atoms with Crippen LogP contribution in [0, 0.1) is 0 Å². The summed E-state index contributed by atoms with van der Waals surface area (Å²) >= 11 is 3.51. The summed E-state index contributed by atoms with van der Waals surface area (Å²) in [5.74, 6) is 0.656. The minimum Gasteiger partial charge on any atom is -0.0916 e. The number of halogens is 1. The molecule has 0 aliphatic heterocycles. The molecule has 1 aromatic carbocycles. The Labute approximate surface area is 95.2 Å². The van der Waals surface area contributed by atoms with Crippen LogP contribution in [-0.4, -0.2) is 0 Å². The molecule has 76 valence electrons. The lowest BCUT2D eigenvalue weighted by atomic mass is 9.93. The highest BCUT2D eigenvalue weighted by Gasteiger charge is 2.06. The first-order valence-corrected chi connectivity index (χ1v) is 5.93. The second-order valence-electron chi connectivity index (χ2n) is 3.46. The molecule has 1 atom stereocenters. The van der Waals surface area contributed by atoms with E-state index in [4.69, 9.17) is 0 Å². The Morgan fingerprint density at radius 2 is 2.21 bits per heavy atom. The number of rotatable bonds is 4. The van der Waals surface area contributed by atoms with E-state index in [-0.39, 0.29) is 0 Å². The van der Waals surface area contributed by atoms with Gasteiger partial charge in [-0.15, -0.1) is 0 Å². The highest BCUT2D eigenvalue weighted by atomic mass is 79.9. The lowest BCUT2D eigenvalue weighted by Crippen LogP contribution is -1.95. The van der Waals surface area contributed by atoms with Crippen LogP contribution in [0.4, 0.5) is 0 Å². The quantitative estimate of drug-likeness (QED) is 0.669. The fraction of sp³-hybridized carbons (Fsp3) is 0.385. The van der Waals surface area contributed by atoms with Gasteiger partial charge in [-0.1, -0.05) is 47.1 Å². The third-order valence-corrected chi connectivity index (χ3v) is 2.96. The van der Waals surface area contributed by atoms with Gasteiger partial charge in [-0.2, -0.15) is 0 Å². The summed E-state index contributed by atoms with van der Waals surface area (Å²) in [7, 11) is 0. The first-order valence-electron chi connectivity index (χ1n) is 5.14. The molecule has 0 heterocycles. The topological polar surface area (TPSA) is 0 Å². The molecule has 0 radical (unpaired) electrons. The van der Waals surface area contributed by atoms with Gasteiger partial charge < -0.3 is 0 Å². The van der Waals surface area contributed by atoms with Crippen LogP contribution >= 0.6 is 15.9 Å². The van der Waals surface area contributed by atoms with Crippen molar-refractivity contribution in [3.05, 3.63) is 46.5 Å². The van der Waals surface area contributed by atoms with E-state index in [2.05, 4.69) is 66.2 Å². The highest BCUT2D eigenvalue weighted by molar-refractivity contribution is 9.10. The van der Waals surface area contributed by atoms with Crippen molar-refractivity contribution in [1.29, 1.82) is 0 Å². The maximum absolute atomic E-state index is 3.51. The predicted octanol–water partition coefficient (Wildman–Crippen LogP) is 4.91. The van der Waals surface area contributed by atoms with Crippen molar-refractivity contribution in [2.24, 2.45) is 0 Å². The second kappa shape index (κ2) is 6.02. The minimum atomic E-state index is 0.656. The van der Waals surface area contributed by atoms with E-state index in [1.165, 1.54) is 16.5 Å². The van der Waals surface area contributed by atoms with Crippen LogP contribution in [0.2, 0.25) is 0 Å². The van der Waals surface area contributed by atoms with Crippen molar-refractivity contribution >= 4 is 15.9 Å². The first kappa shape index (κ1) is 11.5. The van der Waals surface area contributed by atoms with Gasteiger partial charge in [0.1, 0.15) is 0 Å². The van der Waals surface area contributed by atoms with E-state index in [1.807, 2.05) is 0 Å². The molecule has 0 saturated carbocycles. The average Bonchev–Trinajstić information content (AvgIpc) is 2.19. The molecule has 1 aromatic rings.